The fourth-order valence-electron chi connectivity index (χ4n) is 3.03. The molecule has 0 aliphatic carbocycles. The van der Waals surface area contributed by atoms with Gasteiger partial charge in [0.1, 0.15) is 12.0 Å². The largest absolute Gasteiger partial charge is 0.351 e. The molecule has 0 bridgehead atoms. The van der Waals surface area contributed by atoms with Crippen molar-refractivity contribution in [3.63, 3.8) is 0 Å². The molecule has 7 nitrogen and oxygen atoms in total. The van der Waals surface area contributed by atoms with Crippen LogP contribution < -0.4 is 4.90 Å². The van der Waals surface area contributed by atoms with E-state index in [4.69, 9.17) is 4.52 Å². The van der Waals surface area contributed by atoms with Crippen LogP contribution in [0.3, 0.4) is 0 Å². The number of hydrogen-bond donors (Lipinski definition) is 0. The summed E-state index contributed by atoms with van der Waals surface area (Å²) >= 11 is 0. The number of benzene rings is 1. The van der Waals surface area contributed by atoms with Gasteiger partial charge in [-0.3, -0.25) is 4.90 Å². The fraction of sp³-hybridized carbons (Fsp3) is 0.333. The molecule has 134 valence electrons. The Bertz CT molecular complexity index is 894. The maximum absolute atomic E-state index is 14.9. The van der Waals surface area contributed by atoms with E-state index in [-0.39, 0.29) is 11.9 Å². The smallest absolute Gasteiger partial charge is 0.240 e. The van der Waals surface area contributed by atoms with Crippen LogP contribution in [0, 0.1) is 12.7 Å². The summed E-state index contributed by atoms with van der Waals surface area (Å²) in [7, 11) is 1.99. The highest BCUT2D eigenvalue weighted by Gasteiger charge is 2.33. The molecule has 4 rings (SSSR count). The number of aryl methyl sites for hydroxylation is 1. The third kappa shape index (κ3) is 3.15. The predicted octanol–water partition coefficient (Wildman–Crippen LogP) is 2.29. The molecule has 2 aromatic heterocycles. The minimum Gasteiger partial charge on any atom is -0.351 e. The topological polar surface area (TPSA) is 71.2 Å². The molecule has 3 heterocycles. The average Bonchev–Trinajstić information content (AvgIpc) is 3.00. The molecule has 8 heteroatoms. The zero-order valence-corrected chi connectivity index (χ0v) is 14.6. The van der Waals surface area contributed by atoms with Gasteiger partial charge in [0, 0.05) is 24.7 Å². The van der Waals surface area contributed by atoms with E-state index in [9.17, 15) is 4.39 Å². The van der Waals surface area contributed by atoms with Crippen LogP contribution in [-0.2, 0) is 6.54 Å². The van der Waals surface area contributed by atoms with E-state index in [1.165, 1.54) is 6.33 Å². The molecule has 1 fully saturated rings. The van der Waals surface area contributed by atoms with Crippen molar-refractivity contribution in [1.29, 1.82) is 0 Å². The lowest BCUT2D eigenvalue weighted by molar-refractivity contribution is 0.173. The van der Waals surface area contributed by atoms with Gasteiger partial charge in [-0.1, -0.05) is 35.5 Å². The van der Waals surface area contributed by atoms with Crippen molar-refractivity contribution >= 4 is 5.82 Å². The van der Waals surface area contributed by atoms with Gasteiger partial charge in [0.25, 0.3) is 0 Å². The number of halogens is 1. The Hall–Kier alpha value is -2.87. The summed E-state index contributed by atoms with van der Waals surface area (Å²) in [4.78, 5) is 16.5. The first-order valence-electron chi connectivity index (χ1n) is 8.42. The summed E-state index contributed by atoms with van der Waals surface area (Å²) in [5.74, 6) is 1.17. The Labute approximate surface area is 150 Å². The highest BCUT2D eigenvalue weighted by atomic mass is 19.1. The van der Waals surface area contributed by atoms with Crippen molar-refractivity contribution in [1.82, 2.24) is 25.0 Å². The van der Waals surface area contributed by atoms with Crippen LogP contribution in [0.4, 0.5) is 10.2 Å². The quantitative estimate of drug-likeness (QED) is 0.696. The second-order valence-corrected chi connectivity index (χ2v) is 6.44. The molecular formula is C18H19FN6O. The number of anilines is 1. The molecule has 26 heavy (non-hydrogen) atoms. The van der Waals surface area contributed by atoms with Crippen molar-refractivity contribution in [3.8, 4) is 11.3 Å². The zero-order chi connectivity index (χ0) is 18.1. The lowest BCUT2D eigenvalue weighted by atomic mass is 10.1. The first kappa shape index (κ1) is 16.6. The van der Waals surface area contributed by atoms with Gasteiger partial charge in [-0.15, -0.1) is 0 Å². The standard InChI is InChI=1S/C18H19FN6O/c1-12-22-15(26-23-12)10-24(2)14-8-25(9-14)18-16(19)17(20-11-21-18)13-6-4-3-5-7-13/h3-7,11,14H,8-10H2,1-2H3. The number of aromatic nitrogens is 4. The molecule has 1 aliphatic heterocycles. The predicted molar refractivity (Wildman–Crippen MR) is 93.9 cm³/mol. The highest BCUT2D eigenvalue weighted by Crippen LogP contribution is 2.29. The maximum atomic E-state index is 14.9. The minimum atomic E-state index is -0.382. The van der Waals surface area contributed by atoms with Crippen LogP contribution in [0.25, 0.3) is 11.3 Å². The van der Waals surface area contributed by atoms with Crippen LogP contribution in [0.1, 0.15) is 11.7 Å². The molecule has 1 aromatic carbocycles. The van der Waals surface area contributed by atoms with E-state index in [2.05, 4.69) is 25.0 Å². The first-order valence-corrected chi connectivity index (χ1v) is 8.42. The van der Waals surface area contributed by atoms with Crippen LogP contribution in [0.15, 0.2) is 41.2 Å². The summed E-state index contributed by atoms with van der Waals surface area (Å²) < 4.78 is 20.0. The van der Waals surface area contributed by atoms with Crippen LogP contribution >= 0.6 is 0 Å². The number of hydrogen-bond acceptors (Lipinski definition) is 7. The van der Waals surface area contributed by atoms with Gasteiger partial charge < -0.3 is 9.42 Å². The molecule has 0 N–H and O–H groups in total. The molecule has 0 unspecified atom stereocenters. The monoisotopic (exact) mass is 354 g/mol. The maximum Gasteiger partial charge on any atom is 0.240 e. The third-order valence-electron chi connectivity index (χ3n) is 4.56. The molecule has 1 aliphatic rings. The fourth-order valence-corrected chi connectivity index (χ4v) is 3.03. The molecular weight excluding hydrogens is 335 g/mol. The van der Waals surface area contributed by atoms with Crippen molar-refractivity contribution in [2.24, 2.45) is 0 Å². The average molecular weight is 354 g/mol. The van der Waals surface area contributed by atoms with E-state index in [0.29, 0.717) is 42.9 Å². The number of nitrogens with zero attached hydrogens (tertiary/aromatic N) is 6. The molecule has 0 atom stereocenters. The van der Waals surface area contributed by atoms with E-state index in [0.717, 1.165) is 5.56 Å². The second kappa shape index (κ2) is 6.80. The van der Waals surface area contributed by atoms with E-state index < -0.39 is 0 Å². The molecule has 0 saturated carbocycles. The summed E-state index contributed by atoms with van der Waals surface area (Å²) in [6.07, 6.45) is 1.42. The Morgan fingerprint density at radius 1 is 1.23 bits per heavy atom. The van der Waals surface area contributed by atoms with Gasteiger partial charge in [-0.05, 0) is 14.0 Å². The lowest BCUT2D eigenvalue weighted by Gasteiger charge is -2.44. The van der Waals surface area contributed by atoms with Crippen molar-refractivity contribution < 1.29 is 8.91 Å². The third-order valence-corrected chi connectivity index (χ3v) is 4.56. The number of rotatable bonds is 5. The lowest BCUT2D eigenvalue weighted by Crippen LogP contribution is -2.58. The van der Waals surface area contributed by atoms with Crippen LogP contribution in [0.2, 0.25) is 0 Å². The molecule has 0 radical (unpaired) electrons. The van der Waals surface area contributed by atoms with Gasteiger partial charge in [-0.25, -0.2) is 14.4 Å². The normalized spacial score (nSPS) is 14.7. The van der Waals surface area contributed by atoms with Crippen LogP contribution in [0.5, 0.6) is 0 Å². The van der Waals surface area contributed by atoms with Crippen molar-refractivity contribution in [3.05, 3.63) is 54.2 Å². The van der Waals surface area contributed by atoms with Gasteiger partial charge in [-0.2, -0.15) is 4.98 Å². The van der Waals surface area contributed by atoms with Gasteiger partial charge in [0.2, 0.25) is 5.89 Å². The Morgan fingerprint density at radius 3 is 2.69 bits per heavy atom. The summed E-state index contributed by atoms with van der Waals surface area (Å²) in [5.41, 5.74) is 1.07. The minimum absolute atomic E-state index is 0.275. The SMILES string of the molecule is Cc1noc(CN(C)C2CN(c3ncnc(-c4ccccc4)c3F)C2)n1. The Balaban J connectivity index is 1.44. The van der Waals surface area contributed by atoms with E-state index in [1.54, 1.807) is 6.92 Å². The van der Waals surface area contributed by atoms with Crippen molar-refractivity contribution in [2.75, 3.05) is 25.0 Å². The summed E-state index contributed by atoms with van der Waals surface area (Å²) in [6, 6.07) is 9.58. The van der Waals surface area contributed by atoms with E-state index >= 15 is 0 Å². The van der Waals surface area contributed by atoms with Crippen molar-refractivity contribution in [2.45, 2.75) is 19.5 Å². The Kier molecular flexibility index (Phi) is 4.34. The summed E-state index contributed by atoms with van der Waals surface area (Å²) in [6.45, 7) is 3.73. The van der Waals surface area contributed by atoms with Gasteiger partial charge >= 0.3 is 0 Å². The second-order valence-electron chi connectivity index (χ2n) is 6.44. The summed E-state index contributed by atoms with van der Waals surface area (Å²) in [5, 5.41) is 3.80. The molecule has 1 saturated heterocycles. The zero-order valence-electron chi connectivity index (χ0n) is 14.6. The van der Waals surface area contributed by atoms with Crippen LogP contribution in [-0.4, -0.2) is 51.2 Å². The molecule has 3 aromatic rings. The first-order chi connectivity index (χ1) is 12.6. The van der Waals surface area contributed by atoms with Gasteiger partial charge in [0.15, 0.2) is 17.5 Å². The highest BCUT2D eigenvalue weighted by molar-refractivity contribution is 5.64. The molecule has 0 amide bonds. The number of likely N-dealkylation sites (N-methyl/N-ethyl adjacent to an activating group) is 1. The molecule has 0 spiro atoms. The van der Waals surface area contributed by atoms with Gasteiger partial charge in [0.05, 0.1) is 6.54 Å². The Morgan fingerprint density at radius 2 is 2.00 bits per heavy atom. The van der Waals surface area contributed by atoms with E-state index in [1.807, 2.05) is 42.3 Å².